The van der Waals surface area contributed by atoms with Gasteiger partial charge in [-0.05, 0) is 56.2 Å². The van der Waals surface area contributed by atoms with Crippen molar-refractivity contribution in [3.05, 3.63) is 80.0 Å². The molecular formula is C29H28ClN3O4S2. The highest BCUT2D eigenvalue weighted by Crippen LogP contribution is 2.45. The van der Waals surface area contributed by atoms with Gasteiger partial charge in [0.2, 0.25) is 5.78 Å². The fourth-order valence-corrected chi connectivity index (χ4v) is 6.81. The Labute approximate surface area is 239 Å². The topological polar surface area (TPSA) is 92.6 Å². The van der Waals surface area contributed by atoms with E-state index in [4.69, 9.17) is 16.3 Å². The van der Waals surface area contributed by atoms with Crippen LogP contribution in [0.4, 0.5) is 5.13 Å². The van der Waals surface area contributed by atoms with Crippen molar-refractivity contribution >= 4 is 61.3 Å². The lowest BCUT2D eigenvalue weighted by atomic mass is 9.95. The van der Waals surface area contributed by atoms with Gasteiger partial charge in [0, 0.05) is 5.02 Å². The van der Waals surface area contributed by atoms with E-state index in [1.165, 1.54) is 34.0 Å². The Morgan fingerprint density at radius 1 is 1.08 bits per heavy atom. The minimum atomic E-state index is -0.874. The Morgan fingerprint density at radius 3 is 2.54 bits per heavy atom. The van der Waals surface area contributed by atoms with Crippen LogP contribution >= 0.6 is 34.3 Å². The summed E-state index contributed by atoms with van der Waals surface area (Å²) < 4.78 is 6.69. The molecule has 4 aromatic rings. The highest BCUT2D eigenvalue weighted by Gasteiger charge is 2.46. The number of aromatic nitrogens is 2. The fraction of sp³-hybridized carbons (Fsp3) is 0.310. The fourth-order valence-electron chi connectivity index (χ4n) is 4.67. The molecule has 0 spiro atoms. The predicted octanol–water partition coefficient (Wildman–Crippen LogP) is 7.77. The Hall–Kier alpha value is -3.27. The second kappa shape index (κ2) is 11.5. The molecule has 1 aliphatic heterocycles. The van der Waals surface area contributed by atoms with E-state index < -0.39 is 23.5 Å². The lowest BCUT2D eigenvalue weighted by molar-refractivity contribution is -0.117. The molecule has 3 heterocycles. The maximum Gasteiger partial charge on any atom is 0.296 e. The number of amides is 1. The van der Waals surface area contributed by atoms with Crippen LogP contribution in [0, 0.1) is 13.8 Å². The van der Waals surface area contributed by atoms with Gasteiger partial charge >= 0.3 is 0 Å². The number of benzene rings is 2. The van der Waals surface area contributed by atoms with Crippen molar-refractivity contribution in [2.24, 2.45) is 0 Å². The number of hydrogen-bond donors (Lipinski definition) is 1. The number of fused-ring (bicyclic) bond motifs is 1. The van der Waals surface area contributed by atoms with Gasteiger partial charge < -0.3 is 9.84 Å². The number of aryl methyl sites for hydroxylation is 2. The van der Waals surface area contributed by atoms with E-state index in [0.29, 0.717) is 44.2 Å². The van der Waals surface area contributed by atoms with Crippen molar-refractivity contribution < 1.29 is 19.4 Å². The van der Waals surface area contributed by atoms with Crippen LogP contribution in [0.25, 0.3) is 10.2 Å². The zero-order valence-corrected chi connectivity index (χ0v) is 24.3. The largest absolute Gasteiger partial charge is 0.503 e. The summed E-state index contributed by atoms with van der Waals surface area (Å²) in [5, 5.41) is 12.7. The number of aliphatic hydroxyl groups excluding tert-OH is 1. The Balaban J connectivity index is 1.53. The monoisotopic (exact) mass is 581 g/mol. The van der Waals surface area contributed by atoms with Crippen LogP contribution < -0.4 is 9.64 Å². The minimum absolute atomic E-state index is 0.0114. The number of halogens is 1. The van der Waals surface area contributed by atoms with Gasteiger partial charge in [0.25, 0.3) is 5.91 Å². The standard InChI is InChI=1S/C29H28ClN3O4S2/c1-4-5-6-7-14-37-20-11-8-18(9-12-20)24-23(25(34)27-16(2)31-17(3)38-27)26(35)28(36)33(24)29-32-21-13-10-19(30)15-22(21)39-29/h8-13,15,24,35H,4-7,14H2,1-3H3. The van der Waals surface area contributed by atoms with Crippen LogP contribution in [-0.2, 0) is 4.79 Å². The molecule has 2 aromatic heterocycles. The zero-order chi connectivity index (χ0) is 27.7. The molecule has 2 aromatic carbocycles. The number of rotatable bonds is 10. The first-order chi connectivity index (χ1) is 18.8. The van der Waals surface area contributed by atoms with Crippen molar-refractivity contribution in [2.75, 3.05) is 11.5 Å². The van der Waals surface area contributed by atoms with Gasteiger partial charge in [-0.15, -0.1) is 11.3 Å². The molecule has 5 rings (SSSR count). The molecule has 1 aliphatic rings. The molecule has 1 amide bonds. The Kier molecular flexibility index (Phi) is 8.02. The SMILES string of the molecule is CCCCCCOc1ccc(C2C(C(=O)c3sc(C)nc3C)=C(O)C(=O)N2c2nc3ccc(Cl)cc3s2)cc1. The predicted molar refractivity (Wildman–Crippen MR) is 157 cm³/mol. The van der Waals surface area contributed by atoms with Gasteiger partial charge in [-0.25, -0.2) is 9.97 Å². The van der Waals surface area contributed by atoms with Crippen molar-refractivity contribution in [2.45, 2.75) is 52.5 Å². The average Bonchev–Trinajstić information content (AvgIpc) is 3.56. The van der Waals surface area contributed by atoms with E-state index in [1.807, 2.05) is 31.2 Å². The third-order valence-electron chi connectivity index (χ3n) is 6.57. The van der Waals surface area contributed by atoms with E-state index in [-0.39, 0.29) is 5.57 Å². The maximum absolute atomic E-state index is 13.8. The number of anilines is 1. The van der Waals surface area contributed by atoms with Gasteiger partial charge in [-0.2, -0.15) is 0 Å². The van der Waals surface area contributed by atoms with Crippen molar-refractivity contribution in [3.63, 3.8) is 0 Å². The number of ether oxygens (including phenoxy) is 1. The molecule has 0 saturated heterocycles. The highest BCUT2D eigenvalue weighted by atomic mass is 35.5. The summed E-state index contributed by atoms with van der Waals surface area (Å²) in [6.45, 7) is 6.36. The molecule has 1 unspecified atom stereocenters. The first kappa shape index (κ1) is 27.3. The van der Waals surface area contributed by atoms with Gasteiger partial charge in [-0.1, -0.05) is 61.3 Å². The molecule has 7 nitrogen and oxygen atoms in total. The van der Waals surface area contributed by atoms with E-state index in [2.05, 4.69) is 16.9 Å². The highest BCUT2D eigenvalue weighted by molar-refractivity contribution is 7.22. The van der Waals surface area contributed by atoms with Crippen LogP contribution in [0.15, 0.2) is 53.8 Å². The van der Waals surface area contributed by atoms with Crippen LogP contribution in [0.2, 0.25) is 5.02 Å². The second-order valence-corrected chi connectivity index (χ2v) is 12.1. The van der Waals surface area contributed by atoms with E-state index in [1.54, 1.807) is 25.1 Å². The van der Waals surface area contributed by atoms with E-state index in [9.17, 15) is 14.7 Å². The molecule has 1 N–H and O–H groups in total. The summed E-state index contributed by atoms with van der Waals surface area (Å²) in [6.07, 6.45) is 4.43. The number of hydrogen-bond acceptors (Lipinski definition) is 8. The number of carbonyl (C=O) groups is 2. The first-order valence-electron chi connectivity index (χ1n) is 12.8. The summed E-state index contributed by atoms with van der Waals surface area (Å²) in [6, 6.07) is 11.7. The summed E-state index contributed by atoms with van der Waals surface area (Å²) >= 11 is 8.70. The molecule has 1 atom stereocenters. The Bertz CT molecular complexity index is 1580. The quantitative estimate of drug-likeness (QED) is 0.152. The summed E-state index contributed by atoms with van der Waals surface area (Å²) in [5.74, 6) is -0.972. The van der Waals surface area contributed by atoms with Crippen LogP contribution in [-0.4, -0.2) is 33.4 Å². The van der Waals surface area contributed by atoms with Gasteiger partial charge in [0.05, 0.1) is 44.0 Å². The van der Waals surface area contributed by atoms with E-state index >= 15 is 0 Å². The molecule has 10 heteroatoms. The van der Waals surface area contributed by atoms with Crippen LogP contribution in [0.3, 0.4) is 0 Å². The number of thiazole rings is 2. The van der Waals surface area contributed by atoms with Gasteiger partial charge in [0.15, 0.2) is 10.9 Å². The van der Waals surface area contributed by atoms with Crippen molar-refractivity contribution in [1.82, 2.24) is 9.97 Å². The molecule has 0 fully saturated rings. The smallest absolute Gasteiger partial charge is 0.296 e. The molecule has 0 radical (unpaired) electrons. The first-order valence-corrected chi connectivity index (χ1v) is 14.8. The number of ketones is 1. The summed E-state index contributed by atoms with van der Waals surface area (Å²) in [5.41, 5.74) is 1.90. The lowest BCUT2D eigenvalue weighted by Crippen LogP contribution is -2.31. The molecule has 0 saturated carbocycles. The second-order valence-electron chi connectivity index (χ2n) is 9.40. The zero-order valence-electron chi connectivity index (χ0n) is 21.9. The number of Topliss-reactive ketones (excluding diaryl/α,β-unsaturated/α-hetero) is 1. The molecule has 0 bridgehead atoms. The van der Waals surface area contributed by atoms with E-state index in [0.717, 1.165) is 29.0 Å². The average molecular weight is 582 g/mol. The number of aliphatic hydroxyl groups is 1. The lowest BCUT2D eigenvalue weighted by Gasteiger charge is -2.24. The molecular weight excluding hydrogens is 554 g/mol. The van der Waals surface area contributed by atoms with Gasteiger partial charge in [-0.3, -0.25) is 14.5 Å². The third kappa shape index (κ3) is 5.44. The van der Waals surface area contributed by atoms with Crippen LogP contribution in [0.1, 0.15) is 64.6 Å². The maximum atomic E-state index is 13.8. The number of carbonyl (C=O) groups excluding carboxylic acids is 2. The molecule has 0 aliphatic carbocycles. The molecule has 202 valence electrons. The van der Waals surface area contributed by atoms with Gasteiger partial charge in [0.1, 0.15) is 5.75 Å². The minimum Gasteiger partial charge on any atom is -0.503 e. The number of nitrogens with zero attached hydrogens (tertiary/aromatic N) is 3. The van der Waals surface area contributed by atoms with Crippen molar-refractivity contribution in [1.29, 1.82) is 0 Å². The molecule has 39 heavy (non-hydrogen) atoms. The van der Waals surface area contributed by atoms with Crippen LogP contribution in [0.5, 0.6) is 5.75 Å². The summed E-state index contributed by atoms with van der Waals surface area (Å²) in [7, 11) is 0. The third-order valence-corrected chi connectivity index (χ3v) is 8.89. The number of unbranched alkanes of at least 4 members (excludes halogenated alkanes) is 3. The van der Waals surface area contributed by atoms with Crippen molar-refractivity contribution in [3.8, 4) is 5.75 Å². The summed E-state index contributed by atoms with van der Waals surface area (Å²) in [4.78, 5) is 38.2. The Morgan fingerprint density at radius 2 is 1.85 bits per heavy atom. The normalized spacial score (nSPS) is 15.5.